The van der Waals surface area contributed by atoms with Gasteiger partial charge < -0.3 is 9.64 Å². The summed E-state index contributed by atoms with van der Waals surface area (Å²) in [7, 11) is 0. The minimum absolute atomic E-state index is 0.756. The summed E-state index contributed by atoms with van der Waals surface area (Å²) in [4.78, 5) is 2.57. The number of piperidine rings is 1. The lowest BCUT2D eigenvalue weighted by Crippen LogP contribution is -2.34. The fourth-order valence-electron chi connectivity index (χ4n) is 2.63. The SMILES string of the molecule is CCC1CCN(CCCOc2ccc(Cl)cc2)CC1. The van der Waals surface area contributed by atoms with Crippen LogP contribution < -0.4 is 4.74 Å². The lowest BCUT2D eigenvalue weighted by Gasteiger charge is -2.31. The highest BCUT2D eigenvalue weighted by Gasteiger charge is 2.16. The van der Waals surface area contributed by atoms with E-state index in [9.17, 15) is 0 Å². The number of nitrogens with zero attached hydrogens (tertiary/aromatic N) is 1. The number of likely N-dealkylation sites (tertiary alicyclic amines) is 1. The Morgan fingerprint density at radius 2 is 1.89 bits per heavy atom. The van der Waals surface area contributed by atoms with E-state index in [0.29, 0.717) is 0 Å². The van der Waals surface area contributed by atoms with Gasteiger partial charge in [-0.15, -0.1) is 0 Å². The topological polar surface area (TPSA) is 12.5 Å². The summed E-state index contributed by atoms with van der Waals surface area (Å²) in [5, 5.41) is 0.756. The van der Waals surface area contributed by atoms with Gasteiger partial charge in [0.25, 0.3) is 0 Å². The van der Waals surface area contributed by atoms with Crippen LogP contribution in [0.4, 0.5) is 0 Å². The Balaban J connectivity index is 1.58. The number of hydrogen-bond donors (Lipinski definition) is 0. The molecule has 1 aliphatic heterocycles. The summed E-state index contributed by atoms with van der Waals surface area (Å²) in [5.41, 5.74) is 0. The van der Waals surface area contributed by atoms with Crippen molar-refractivity contribution in [3.05, 3.63) is 29.3 Å². The highest BCUT2D eigenvalue weighted by atomic mass is 35.5. The fraction of sp³-hybridized carbons (Fsp3) is 0.625. The van der Waals surface area contributed by atoms with Crippen LogP contribution >= 0.6 is 11.6 Å². The summed E-state index contributed by atoms with van der Waals surface area (Å²) in [6.45, 7) is 6.78. The average molecular weight is 282 g/mol. The Kier molecular flexibility index (Phi) is 5.99. The molecule has 1 heterocycles. The molecule has 0 unspecified atom stereocenters. The zero-order valence-corrected chi connectivity index (χ0v) is 12.5. The van der Waals surface area contributed by atoms with E-state index in [1.807, 2.05) is 24.3 Å². The molecule has 0 amide bonds. The first-order valence-electron chi connectivity index (χ1n) is 7.38. The van der Waals surface area contributed by atoms with E-state index in [-0.39, 0.29) is 0 Å². The van der Waals surface area contributed by atoms with Crippen molar-refractivity contribution < 1.29 is 4.74 Å². The zero-order chi connectivity index (χ0) is 13.5. The second-order valence-corrected chi connectivity index (χ2v) is 5.79. The molecule has 1 saturated heterocycles. The van der Waals surface area contributed by atoms with Crippen LogP contribution in [-0.2, 0) is 0 Å². The molecule has 0 saturated carbocycles. The molecular formula is C16H24ClNO. The maximum atomic E-state index is 5.84. The van der Waals surface area contributed by atoms with Crippen LogP contribution in [0.25, 0.3) is 0 Å². The molecule has 0 aromatic heterocycles. The quantitative estimate of drug-likeness (QED) is 0.724. The van der Waals surface area contributed by atoms with E-state index in [0.717, 1.165) is 36.3 Å². The molecule has 0 radical (unpaired) electrons. The fourth-order valence-corrected chi connectivity index (χ4v) is 2.75. The van der Waals surface area contributed by atoms with E-state index in [4.69, 9.17) is 16.3 Å². The monoisotopic (exact) mass is 281 g/mol. The number of hydrogen-bond acceptors (Lipinski definition) is 2. The second kappa shape index (κ2) is 7.76. The Hall–Kier alpha value is -0.730. The third-order valence-electron chi connectivity index (χ3n) is 3.99. The molecule has 0 spiro atoms. The normalized spacial score (nSPS) is 17.6. The first kappa shape index (κ1) is 14.7. The lowest BCUT2D eigenvalue weighted by molar-refractivity contribution is 0.169. The molecule has 19 heavy (non-hydrogen) atoms. The van der Waals surface area contributed by atoms with Gasteiger partial charge in [-0.25, -0.2) is 0 Å². The van der Waals surface area contributed by atoms with Gasteiger partial charge >= 0.3 is 0 Å². The molecular weight excluding hydrogens is 258 g/mol. The predicted octanol–water partition coefficient (Wildman–Crippen LogP) is 4.23. The molecule has 1 aromatic carbocycles. The third-order valence-corrected chi connectivity index (χ3v) is 4.24. The van der Waals surface area contributed by atoms with Crippen LogP contribution in [0, 0.1) is 5.92 Å². The van der Waals surface area contributed by atoms with Crippen LogP contribution in [0.2, 0.25) is 5.02 Å². The highest BCUT2D eigenvalue weighted by Crippen LogP contribution is 2.20. The molecule has 0 aliphatic carbocycles. The summed E-state index contributed by atoms with van der Waals surface area (Å²) in [6.07, 6.45) is 5.18. The first-order chi connectivity index (χ1) is 9.28. The molecule has 106 valence electrons. The van der Waals surface area contributed by atoms with Crippen molar-refractivity contribution in [3.63, 3.8) is 0 Å². The van der Waals surface area contributed by atoms with E-state index >= 15 is 0 Å². The van der Waals surface area contributed by atoms with E-state index in [1.54, 1.807) is 0 Å². The van der Waals surface area contributed by atoms with Crippen molar-refractivity contribution in [1.29, 1.82) is 0 Å². The smallest absolute Gasteiger partial charge is 0.119 e. The van der Waals surface area contributed by atoms with Gasteiger partial charge in [-0.05, 0) is 62.5 Å². The second-order valence-electron chi connectivity index (χ2n) is 5.35. The molecule has 1 aromatic rings. The molecule has 2 rings (SSSR count). The number of benzene rings is 1. The molecule has 1 fully saturated rings. The van der Waals surface area contributed by atoms with Gasteiger partial charge in [0.2, 0.25) is 0 Å². The molecule has 1 aliphatic rings. The van der Waals surface area contributed by atoms with Crippen molar-refractivity contribution in [2.75, 3.05) is 26.2 Å². The standard InChI is InChI=1S/C16H24ClNO/c1-2-14-8-11-18(12-9-14)10-3-13-19-16-6-4-15(17)5-7-16/h4-7,14H,2-3,8-13H2,1H3. The van der Waals surface area contributed by atoms with Crippen molar-refractivity contribution in [2.24, 2.45) is 5.92 Å². The number of halogens is 1. The molecule has 0 atom stereocenters. The lowest BCUT2D eigenvalue weighted by atomic mass is 9.94. The predicted molar refractivity (Wildman–Crippen MR) is 81.0 cm³/mol. The summed E-state index contributed by atoms with van der Waals surface area (Å²) in [6, 6.07) is 7.59. The minimum Gasteiger partial charge on any atom is -0.494 e. The Morgan fingerprint density at radius 3 is 2.53 bits per heavy atom. The van der Waals surface area contributed by atoms with Crippen LogP contribution in [0.3, 0.4) is 0 Å². The average Bonchev–Trinajstić information content (AvgIpc) is 2.46. The van der Waals surface area contributed by atoms with Crippen LogP contribution in [-0.4, -0.2) is 31.1 Å². The maximum Gasteiger partial charge on any atom is 0.119 e. The van der Waals surface area contributed by atoms with Crippen molar-refractivity contribution in [1.82, 2.24) is 4.90 Å². The Labute approximate surface area is 121 Å². The van der Waals surface area contributed by atoms with E-state index in [2.05, 4.69) is 11.8 Å². The summed E-state index contributed by atoms with van der Waals surface area (Å²) < 4.78 is 5.71. The largest absolute Gasteiger partial charge is 0.494 e. The molecule has 3 heteroatoms. The highest BCUT2D eigenvalue weighted by molar-refractivity contribution is 6.30. The molecule has 2 nitrogen and oxygen atoms in total. The van der Waals surface area contributed by atoms with Gasteiger partial charge in [0.1, 0.15) is 5.75 Å². The molecule has 0 N–H and O–H groups in total. The Bertz CT molecular complexity index is 358. The maximum absolute atomic E-state index is 5.84. The van der Waals surface area contributed by atoms with Crippen LogP contribution in [0.5, 0.6) is 5.75 Å². The van der Waals surface area contributed by atoms with Crippen molar-refractivity contribution >= 4 is 11.6 Å². The van der Waals surface area contributed by atoms with Gasteiger partial charge in [0.15, 0.2) is 0 Å². The van der Waals surface area contributed by atoms with E-state index in [1.165, 1.54) is 32.4 Å². The summed E-state index contributed by atoms with van der Waals surface area (Å²) >= 11 is 5.84. The van der Waals surface area contributed by atoms with Crippen LogP contribution in [0.1, 0.15) is 32.6 Å². The van der Waals surface area contributed by atoms with Crippen LogP contribution in [0.15, 0.2) is 24.3 Å². The van der Waals surface area contributed by atoms with Gasteiger partial charge in [-0.3, -0.25) is 0 Å². The minimum atomic E-state index is 0.756. The van der Waals surface area contributed by atoms with Gasteiger partial charge in [0.05, 0.1) is 6.61 Å². The zero-order valence-electron chi connectivity index (χ0n) is 11.8. The van der Waals surface area contributed by atoms with Crippen molar-refractivity contribution in [3.8, 4) is 5.75 Å². The van der Waals surface area contributed by atoms with Gasteiger partial charge in [0, 0.05) is 11.6 Å². The van der Waals surface area contributed by atoms with Gasteiger partial charge in [-0.2, -0.15) is 0 Å². The first-order valence-corrected chi connectivity index (χ1v) is 7.76. The number of ether oxygens (including phenoxy) is 1. The molecule has 0 bridgehead atoms. The number of rotatable bonds is 6. The van der Waals surface area contributed by atoms with Gasteiger partial charge in [-0.1, -0.05) is 24.9 Å². The summed E-state index contributed by atoms with van der Waals surface area (Å²) in [5.74, 6) is 1.87. The third kappa shape index (κ3) is 5.04. The van der Waals surface area contributed by atoms with Crippen molar-refractivity contribution in [2.45, 2.75) is 32.6 Å². The Morgan fingerprint density at radius 1 is 1.21 bits per heavy atom. The van der Waals surface area contributed by atoms with E-state index < -0.39 is 0 Å².